The summed E-state index contributed by atoms with van der Waals surface area (Å²) in [6, 6.07) is 10.4. The Morgan fingerprint density at radius 3 is 2.52 bits per heavy atom. The number of nitrogens with one attached hydrogen (secondary N) is 1. The summed E-state index contributed by atoms with van der Waals surface area (Å²) in [7, 11) is 0. The summed E-state index contributed by atoms with van der Waals surface area (Å²) < 4.78 is 0. The molecule has 10 heteroatoms. The Morgan fingerprint density at radius 2 is 1.93 bits per heavy atom. The van der Waals surface area contributed by atoms with E-state index in [9.17, 15) is 24.5 Å². The molecule has 1 aliphatic heterocycles. The van der Waals surface area contributed by atoms with Gasteiger partial charge in [0, 0.05) is 17.3 Å². The maximum Gasteiger partial charge on any atom is 0.289 e. The third-order valence-electron chi connectivity index (χ3n) is 3.80. The molecule has 1 aliphatic rings. The fourth-order valence-electron chi connectivity index (χ4n) is 2.41. The summed E-state index contributed by atoms with van der Waals surface area (Å²) in [4.78, 5) is 46.9. The van der Waals surface area contributed by atoms with Crippen LogP contribution in [0.3, 0.4) is 0 Å². The monoisotopic (exact) mass is 405 g/mol. The molecule has 0 bridgehead atoms. The van der Waals surface area contributed by atoms with Crippen molar-refractivity contribution in [2.24, 2.45) is 0 Å². The average Bonchev–Trinajstić information content (AvgIpc) is 2.95. The lowest BCUT2D eigenvalue weighted by Gasteiger charge is -2.13. The van der Waals surface area contributed by atoms with Crippen LogP contribution < -0.4 is 5.32 Å². The number of imide groups is 1. The molecular weight excluding hydrogens is 394 g/mol. The number of nitro benzene ring substituents is 1. The van der Waals surface area contributed by atoms with Crippen LogP contribution in [0.4, 0.5) is 16.2 Å². The van der Waals surface area contributed by atoms with Crippen molar-refractivity contribution in [1.29, 1.82) is 0 Å². The Bertz CT molecular complexity index is 932. The van der Waals surface area contributed by atoms with Gasteiger partial charge < -0.3 is 5.32 Å². The van der Waals surface area contributed by atoms with E-state index in [4.69, 9.17) is 11.6 Å². The first-order valence-corrected chi connectivity index (χ1v) is 9.03. The van der Waals surface area contributed by atoms with E-state index in [1.807, 2.05) is 0 Å². The zero-order valence-electron chi connectivity index (χ0n) is 13.7. The third kappa shape index (κ3) is 4.26. The van der Waals surface area contributed by atoms with Gasteiger partial charge >= 0.3 is 0 Å². The smallest absolute Gasteiger partial charge is 0.289 e. The molecule has 1 fully saturated rings. The van der Waals surface area contributed by atoms with Gasteiger partial charge in [-0.15, -0.1) is 0 Å². The van der Waals surface area contributed by atoms with Gasteiger partial charge in [-0.25, -0.2) is 0 Å². The van der Waals surface area contributed by atoms with Gasteiger partial charge in [-0.05, 0) is 29.8 Å². The standard InChI is InChI=1S/C17H12ClN3O5S/c18-13-6-3-11(7-14(13)21(25)26)16(23)19-12-4-1-10(2-5-12)8-20-15(22)9-27-17(20)24/h1-7H,8-9H2,(H,19,23). The molecule has 1 saturated heterocycles. The molecule has 0 atom stereocenters. The van der Waals surface area contributed by atoms with Crippen molar-refractivity contribution in [2.75, 3.05) is 11.1 Å². The molecule has 8 nitrogen and oxygen atoms in total. The van der Waals surface area contributed by atoms with Gasteiger partial charge in [-0.2, -0.15) is 0 Å². The Morgan fingerprint density at radius 1 is 1.22 bits per heavy atom. The summed E-state index contributed by atoms with van der Waals surface area (Å²) in [6.07, 6.45) is 0. The minimum absolute atomic E-state index is 0.0509. The van der Waals surface area contributed by atoms with Gasteiger partial charge in [-0.3, -0.25) is 29.4 Å². The normalized spacial score (nSPS) is 13.7. The second-order valence-corrected chi connectivity index (χ2v) is 6.94. The van der Waals surface area contributed by atoms with Crippen molar-refractivity contribution < 1.29 is 19.3 Å². The highest BCUT2D eigenvalue weighted by atomic mass is 35.5. The fourth-order valence-corrected chi connectivity index (χ4v) is 3.32. The molecule has 0 aliphatic carbocycles. The molecule has 2 aromatic rings. The summed E-state index contributed by atoms with van der Waals surface area (Å²) in [5.74, 6) is -0.601. The first-order chi connectivity index (χ1) is 12.8. The number of carbonyl (C=O) groups is 3. The predicted octanol–water partition coefficient (Wildman–Crippen LogP) is 3.70. The highest BCUT2D eigenvalue weighted by Crippen LogP contribution is 2.26. The molecule has 3 amide bonds. The lowest BCUT2D eigenvalue weighted by atomic mass is 10.1. The van der Waals surface area contributed by atoms with Crippen LogP contribution in [0.2, 0.25) is 5.02 Å². The highest BCUT2D eigenvalue weighted by molar-refractivity contribution is 8.14. The van der Waals surface area contributed by atoms with E-state index in [1.165, 1.54) is 17.0 Å². The molecule has 0 aromatic heterocycles. The van der Waals surface area contributed by atoms with Crippen LogP contribution in [0.1, 0.15) is 15.9 Å². The van der Waals surface area contributed by atoms with Crippen LogP contribution in [0.25, 0.3) is 0 Å². The lowest BCUT2D eigenvalue weighted by Crippen LogP contribution is -2.27. The van der Waals surface area contributed by atoms with Crippen LogP contribution in [-0.4, -0.2) is 32.6 Å². The maximum absolute atomic E-state index is 12.3. The predicted molar refractivity (Wildman–Crippen MR) is 101 cm³/mol. The van der Waals surface area contributed by atoms with Crippen molar-refractivity contribution >= 4 is 51.8 Å². The zero-order chi connectivity index (χ0) is 19.6. The molecule has 138 valence electrons. The topological polar surface area (TPSA) is 110 Å². The molecule has 3 rings (SSSR count). The number of nitro groups is 1. The molecule has 0 saturated carbocycles. The number of hydrogen-bond donors (Lipinski definition) is 1. The second kappa shape index (κ2) is 7.77. The molecule has 0 radical (unpaired) electrons. The van der Waals surface area contributed by atoms with Crippen molar-refractivity contribution in [3.8, 4) is 0 Å². The van der Waals surface area contributed by atoms with Gasteiger partial charge in [0.1, 0.15) is 5.02 Å². The summed E-state index contributed by atoms with van der Waals surface area (Å²) >= 11 is 6.71. The number of amides is 3. The molecule has 0 unspecified atom stereocenters. The van der Waals surface area contributed by atoms with Gasteiger partial charge in [0.05, 0.1) is 17.2 Å². The van der Waals surface area contributed by atoms with Crippen LogP contribution in [0, 0.1) is 10.1 Å². The van der Waals surface area contributed by atoms with Gasteiger partial charge in [0.2, 0.25) is 5.91 Å². The number of thioether (sulfide) groups is 1. The summed E-state index contributed by atoms with van der Waals surface area (Å²) in [6.45, 7) is 0.169. The van der Waals surface area contributed by atoms with Crippen LogP contribution in [-0.2, 0) is 11.3 Å². The largest absolute Gasteiger partial charge is 0.322 e. The van der Waals surface area contributed by atoms with E-state index in [0.29, 0.717) is 5.69 Å². The number of halogens is 1. The van der Waals surface area contributed by atoms with E-state index in [-0.39, 0.29) is 39.7 Å². The first-order valence-electron chi connectivity index (χ1n) is 7.66. The summed E-state index contributed by atoms with van der Waals surface area (Å²) in [5.41, 5.74) is 0.951. The molecule has 1 N–H and O–H groups in total. The number of anilines is 1. The van der Waals surface area contributed by atoms with Crippen LogP contribution in [0.15, 0.2) is 42.5 Å². The van der Waals surface area contributed by atoms with E-state index in [2.05, 4.69) is 5.32 Å². The Labute approximate surface area is 162 Å². The molecule has 27 heavy (non-hydrogen) atoms. The number of carbonyl (C=O) groups excluding carboxylic acids is 3. The van der Waals surface area contributed by atoms with Crippen LogP contribution in [0.5, 0.6) is 0 Å². The maximum atomic E-state index is 12.3. The lowest BCUT2D eigenvalue weighted by molar-refractivity contribution is -0.384. The average molecular weight is 406 g/mol. The van der Waals surface area contributed by atoms with E-state index >= 15 is 0 Å². The van der Waals surface area contributed by atoms with Crippen molar-refractivity contribution in [2.45, 2.75) is 6.54 Å². The molecule has 0 spiro atoms. The van der Waals surface area contributed by atoms with Gasteiger partial charge in [0.15, 0.2) is 0 Å². The number of rotatable bonds is 5. The Kier molecular flexibility index (Phi) is 5.43. The van der Waals surface area contributed by atoms with Gasteiger partial charge in [0.25, 0.3) is 16.8 Å². The minimum atomic E-state index is -0.660. The second-order valence-electron chi connectivity index (χ2n) is 5.61. The Balaban J connectivity index is 1.68. The van der Waals surface area contributed by atoms with Gasteiger partial charge in [-0.1, -0.05) is 35.5 Å². The van der Waals surface area contributed by atoms with Crippen molar-refractivity contribution in [3.63, 3.8) is 0 Å². The third-order valence-corrected chi connectivity index (χ3v) is 4.98. The number of hydrogen-bond acceptors (Lipinski definition) is 6. The zero-order valence-corrected chi connectivity index (χ0v) is 15.2. The SMILES string of the molecule is O=C(Nc1ccc(CN2C(=O)CSC2=O)cc1)c1ccc(Cl)c([N+](=O)[O-])c1. The van der Waals surface area contributed by atoms with E-state index < -0.39 is 10.8 Å². The van der Waals surface area contributed by atoms with Crippen molar-refractivity contribution in [3.05, 3.63) is 68.7 Å². The van der Waals surface area contributed by atoms with E-state index in [1.54, 1.807) is 24.3 Å². The minimum Gasteiger partial charge on any atom is -0.322 e. The van der Waals surface area contributed by atoms with Crippen molar-refractivity contribution in [1.82, 2.24) is 4.90 Å². The summed E-state index contributed by atoms with van der Waals surface area (Å²) in [5, 5.41) is 13.2. The Hall–Kier alpha value is -2.91. The molecular formula is C17H12ClN3O5S. The first kappa shape index (κ1) is 18.9. The fraction of sp³-hybridized carbons (Fsp3) is 0.118. The quantitative estimate of drug-likeness (QED) is 0.600. The number of nitrogens with zero attached hydrogens (tertiary/aromatic N) is 2. The number of benzene rings is 2. The van der Waals surface area contributed by atoms with E-state index in [0.717, 1.165) is 23.4 Å². The van der Waals surface area contributed by atoms with Crippen LogP contribution >= 0.6 is 23.4 Å². The molecule has 2 aromatic carbocycles. The highest BCUT2D eigenvalue weighted by Gasteiger charge is 2.29. The molecule has 1 heterocycles.